The molecule has 6 nitrogen and oxygen atoms in total. The van der Waals surface area contributed by atoms with Crippen LogP contribution in [0.25, 0.3) is 0 Å². The lowest BCUT2D eigenvalue weighted by molar-refractivity contribution is 0.0940. The Balaban J connectivity index is 2.35. The third-order valence-electron chi connectivity index (χ3n) is 4.37. The van der Waals surface area contributed by atoms with E-state index in [2.05, 4.69) is 10.0 Å². The number of carbonyl (C=O) groups is 1. The number of benzene rings is 2. The van der Waals surface area contributed by atoms with Gasteiger partial charge < -0.3 is 10.1 Å². The van der Waals surface area contributed by atoms with E-state index < -0.39 is 16.1 Å². The van der Waals surface area contributed by atoms with Crippen LogP contribution >= 0.6 is 0 Å². The maximum atomic E-state index is 12.9. The molecule has 0 aliphatic carbocycles. The molecule has 2 N–H and O–H groups in total. The molecule has 0 saturated heterocycles. The van der Waals surface area contributed by atoms with Crippen LogP contribution in [0, 0.1) is 13.8 Å². The van der Waals surface area contributed by atoms with Crippen LogP contribution in [0.4, 0.5) is 0 Å². The van der Waals surface area contributed by atoms with E-state index >= 15 is 0 Å². The summed E-state index contributed by atoms with van der Waals surface area (Å²) in [6.07, 6.45) is 0. The Morgan fingerprint density at radius 2 is 1.71 bits per heavy atom. The van der Waals surface area contributed by atoms with Crippen molar-refractivity contribution in [2.24, 2.45) is 0 Å². The van der Waals surface area contributed by atoms with Crippen LogP contribution in [0.15, 0.2) is 41.3 Å². The minimum Gasteiger partial charge on any atom is -0.496 e. The summed E-state index contributed by atoms with van der Waals surface area (Å²) in [4.78, 5) is 12.4. The van der Waals surface area contributed by atoms with Crippen LogP contribution in [0.3, 0.4) is 0 Å². The molecular formula is C21H28N2O4S. The lowest BCUT2D eigenvalue weighted by Gasteiger charge is -2.18. The molecule has 2 aromatic rings. The molecule has 0 aliphatic heterocycles. The zero-order valence-electron chi connectivity index (χ0n) is 17.2. The zero-order valence-corrected chi connectivity index (χ0v) is 18.0. The highest BCUT2D eigenvalue weighted by atomic mass is 32.2. The van der Waals surface area contributed by atoms with Crippen molar-refractivity contribution in [3.63, 3.8) is 0 Å². The quantitative estimate of drug-likeness (QED) is 0.740. The van der Waals surface area contributed by atoms with Gasteiger partial charge in [-0.3, -0.25) is 4.79 Å². The number of aryl methyl sites for hydroxylation is 2. The molecule has 2 rings (SSSR count). The van der Waals surface area contributed by atoms with E-state index in [1.54, 1.807) is 6.92 Å². The second kappa shape index (κ2) is 8.75. The minimum atomic E-state index is -3.83. The first-order valence-electron chi connectivity index (χ1n) is 9.13. The van der Waals surface area contributed by atoms with Crippen LogP contribution < -0.4 is 14.8 Å². The highest BCUT2D eigenvalue weighted by molar-refractivity contribution is 7.89. The predicted molar refractivity (Wildman–Crippen MR) is 110 cm³/mol. The Kier molecular flexibility index (Phi) is 6.85. The summed E-state index contributed by atoms with van der Waals surface area (Å²) in [5, 5.41) is 2.76. The largest absolute Gasteiger partial charge is 0.496 e. The Morgan fingerprint density at radius 3 is 2.29 bits per heavy atom. The van der Waals surface area contributed by atoms with Gasteiger partial charge in [0.2, 0.25) is 10.0 Å². The normalized spacial score (nSPS) is 12.7. The smallest absolute Gasteiger partial charge is 0.255 e. The third-order valence-corrected chi connectivity index (χ3v) is 5.91. The van der Waals surface area contributed by atoms with E-state index in [9.17, 15) is 13.2 Å². The van der Waals surface area contributed by atoms with Gasteiger partial charge in [-0.2, -0.15) is 0 Å². The molecule has 1 atom stereocenters. The van der Waals surface area contributed by atoms with Gasteiger partial charge in [-0.15, -0.1) is 0 Å². The summed E-state index contributed by atoms with van der Waals surface area (Å²) in [6.45, 7) is 9.41. The topological polar surface area (TPSA) is 84.5 Å². The fraction of sp³-hybridized carbons (Fsp3) is 0.381. The summed E-state index contributed by atoms with van der Waals surface area (Å²) < 4.78 is 33.7. The molecule has 0 radical (unpaired) electrons. The van der Waals surface area contributed by atoms with E-state index in [0.717, 1.165) is 16.7 Å². The van der Waals surface area contributed by atoms with E-state index in [1.165, 1.54) is 25.3 Å². The summed E-state index contributed by atoms with van der Waals surface area (Å²) in [6, 6.07) is 9.66. The van der Waals surface area contributed by atoms with E-state index in [-0.39, 0.29) is 22.4 Å². The molecule has 0 aliphatic rings. The van der Waals surface area contributed by atoms with E-state index in [4.69, 9.17) is 4.74 Å². The zero-order chi connectivity index (χ0) is 21.1. The summed E-state index contributed by atoms with van der Waals surface area (Å²) >= 11 is 0. The first-order valence-corrected chi connectivity index (χ1v) is 10.6. The lowest BCUT2D eigenvalue weighted by atomic mass is 10.0. The molecule has 1 amide bonds. The van der Waals surface area contributed by atoms with Gasteiger partial charge in [0.05, 0.1) is 17.6 Å². The summed E-state index contributed by atoms with van der Waals surface area (Å²) in [5.74, 6) is -0.0640. The molecule has 152 valence electrons. The van der Waals surface area contributed by atoms with Crippen molar-refractivity contribution in [1.29, 1.82) is 0 Å². The number of carbonyl (C=O) groups excluding carboxylic acids is 1. The van der Waals surface area contributed by atoms with E-state index in [0.29, 0.717) is 5.75 Å². The van der Waals surface area contributed by atoms with Gasteiger partial charge in [-0.1, -0.05) is 23.8 Å². The van der Waals surface area contributed by atoms with Crippen LogP contribution in [0.5, 0.6) is 5.75 Å². The van der Waals surface area contributed by atoms with Crippen LogP contribution in [-0.4, -0.2) is 27.5 Å². The first-order chi connectivity index (χ1) is 13.0. The number of hydrogen-bond donors (Lipinski definition) is 2. The van der Waals surface area contributed by atoms with Crippen molar-refractivity contribution < 1.29 is 17.9 Å². The lowest BCUT2D eigenvalue weighted by Crippen LogP contribution is -2.31. The van der Waals surface area contributed by atoms with Crippen molar-refractivity contribution in [3.8, 4) is 5.75 Å². The standard InChI is InChI=1S/C21H28N2O4S/c1-13(2)22-21(24)19-12-17(8-10-20(19)27-6)28(25,26)23-16(5)18-9-7-14(3)11-15(18)4/h7-13,16,23H,1-6H3,(H,22,24)/t16-/m0/s1. The van der Waals surface area contributed by atoms with Gasteiger partial charge in [0, 0.05) is 12.1 Å². The van der Waals surface area contributed by atoms with Gasteiger partial charge in [-0.25, -0.2) is 13.1 Å². The summed E-state index contributed by atoms with van der Waals surface area (Å²) in [7, 11) is -2.39. The number of amides is 1. The van der Waals surface area contributed by atoms with Gasteiger partial charge in [0.1, 0.15) is 5.75 Å². The van der Waals surface area contributed by atoms with Gasteiger partial charge >= 0.3 is 0 Å². The molecular weight excluding hydrogens is 376 g/mol. The molecule has 7 heteroatoms. The maximum absolute atomic E-state index is 12.9. The van der Waals surface area contributed by atoms with Crippen molar-refractivity contribution in [3.05, 3.63) is 58.7 Å². The van der Waals surface area contributed by atoms with Crippen LogP contribution in [-0.2, 0) is 10.0 Å². The predicted octanol–water partition coefficient (Wildman–Crippen LogP) is 3.49. The minimum absolute atomic E-state index is 0.0128. The molecule has 0 spiro atoms. The molecule has 2 aromatic carbocycles. The van der Waals surface area contributed by atoms with Gasteiger partial charge in [-0.05, 0) is 63.9 Å². The SMILES string of the molecule is COc1ccc(S(=O)(=O)N[C@@H](C)c2ccc(C)cc2C)cc1C(=O)NC(C)C. The van der Waals surface area contributed by atoms with Crippen molar-refractivity contribution >= 4 is 15.9 Å². The number of hydrogen-bond acceptors (Lipinski definition) is 4. The highest BCUT2D eigenvalue weighted by Gasteiger charge is 2.23. The highest BCUT2D eigenvalue weighted by Crippen LogP contribution is 2.25. The second-order valence-electron chi connectivity index (χ2n) is 7.19. The Bertz CT molecular complexity index is 968. The van der Waals surface area contributed by atoms with Crippen molar-refractivity contribution in [2.75, 3.05) is 7.11 Å². The number of rotatable bonds is 7. The fourth-order valence-corrected chi connectivity index (χ4v) is 4.30. The fourth-order valence-electron chi connectivity index (χ4n) is 3.05. The second-order valence-corrected chi connectivity index (χ2v) is 8.91. The van der Waals surface area contributed by atoms with Gasteiger partial charge in [0.15, 0.2) is 0 Å². The number of nitrogens with one attached hydrogen (secondary N) is 2. The number of ether oxygens (including phenoxy) is 1. The maximum Gasteiger partial charge on any atom is 0.255 e. The molecule has 0 fully saturated rings. The molecule has 28 heavy (non-hydrogen) atoms. The molecule has 0 bridgehead atoms. The molecule has 0 unspecified atom stereocenters. The first kappa shape index (κ1) is 21.9. The van der Waals surface area contributed by atoms with Gasteiger partial charge in [0.25, 0.3) is 5.91 Å². The molecule has 0 saturated carbocycles. The summed E-state index contributed by atoms with van der Waals surface area (Å²) in [5.41, 5.74) is 3.22. The Morgan fingerprint density at radius 1 is 1.04 bits per heavy atom. The van der Waals surface area contributed by atoms with Crippen molar-refractivity contribution in [2.45, 2.75) is 51.6 Å². The third kappa shape index (κ3) is 5.11. The molecule has 0 heterocycles. The number of methoxy groups -OCH3 is 1. The Labute approximate surface area is 167 Å². The Hall–Kier alpha value is -2.38. The number of sulfonamides is 1. The average Bonchev–Trinajstić information content (AvgIpc) is 2.59. The monoisotopic (exact) mass is 404 g/mol. The average molecular weight is 405 g/mol. The molecule has 0 aromatic heterocycles. The van der Waals surface area contributed by atoms with Crippen LogP contribution in [0.1, 0.15) is 53.9 Å². The van der Waals surface area contributed by atoms with Crippen LogP contribution in [0.2, 0.25) is 0 Å². The van der Waals surface area contributed by atoms with Crippen molar-refractivity contribution in [1.82, 2.24) is 10.0 Å². The van der Waals surface area contributed by atoms with E-state index in [1.807, 2.05) is 45.9 Å².